The molecule has 0 N–H and O–H groups in total. The van der Waals surface area contributed by atoms with Crippen molar-refractivity contribution in [1.29, 1.82) is 0 Å². The molecule has 0 unspecified atom stereocenters. The van der Waals surface area contributed by atoms with Crippen LogP contribution in [-0.4, -0.2) is 17.0 Å². The summed E-state index contributed by atoms with van der Waals surface area (Å²) in [6.07, 6.45) is 6.01. The van der Waals surface area contributed by atoms with Crippen molar-refractivity contribution in [1.82, 2.24) is 4.98 Å². The second-order valence-electron chi connectivity index (χ2n) is 3.19. The van der Waals surface area contributed by atoms with Crippen molar-refractivity contribution in [2.45, 2.75) is 5.03 Å². The highest BCUT2D eigenvalue weighted by atomic mass is 32.2. The van der Waals surface area contributed by atoms with Gasteiger partial charge in [-0.25, -0.2) is 4.98 Å². The zero-order valence-corrected chi connectivity index (χ0v) is 9.33. The molecule has 0 amide bonds. The minimum Gasteiger partial charge on any atom is -0.298 e. The van der Waals surface area contributed by atoms with Crippen LogP contribution in [0.1, 0.15) is 10.4 Å². The number of aromatic nitrogens is 1. The summed E-state index contributed by atoms with van der Waals surface area (Å²) in [7, 11) is 0. The number of terminal acetylenes is 1. The van der Waals surface area contributed by atoms with Crippen LogP contribution in [0.5, 0.6) is 0 Å². The van der Waals surface area contributed by atoms with Gasteiger partial charge in [-0.15, -0.1) is 6.42 Å². The van der Waals surface area contributed by atoms with Crippen molar-refractivity contribution in [2.75, 3.05) is 5.75 Å². The minimum atomic E-state index is 0.520. The maximum atomic E-state index is 10.9. The van der Waals surface area contributed by atoms with Crippen molar-refractivity contribution < 1.29 is 4.79 Å². The predicted octanol–water partition coefficient (Wildman–Crippen LogP) is 2.77. The number of carbonyl (C=O) groups excluding carboxylic acids is 1. The molecule has 2 rings (SSSR count). The molecule has 0 spiro atoms. The molecule has 0 fully saturated rings. The lowest BCUT2D eigenvalue weighted by Crippen LogP contribution is -1.91. The largest absolute Gasteiger partial charge is 0.298 e. The lowest BCUT2D eigenvalue weighted by atomic mass is 10.2. The van der Waals surface area contributed by atoms with E-state index in [0.29, 0.717) is 16.3 Å². The monoisotopic (exact) mass is 227 g/mol. The van der Waals surface area contributed by atoms with E-state index in [1.54, 1.807) is 0 Å². The lowest BCUT2D eigenvalue weighted by molar-refractivity contribution is 0.112. The number of pyridine rings is 1. The zero-order valence-electron chi connectivity index (χ0n) is 8.51. The topological polar surface area (TPSA) is 30.0 Å². The van der Waals surface area contributed by atoms with Gasteiger partial charge in [0.1, 0.15) is 5.03 Å². The maximum absolute atomic E-state index is 10.9. The highest BCUT2D eigenvalue weighted by Crippen LogP contribution is 2.23. The summed E-state index contributed by atoms with van der Waals surface area (Å²) in [6, 6.07) is 9.54. The van der Waals surface area contributed by atoms with Crippen LogP contribution in [0.15, 0.2) is 35.4 Å². The number of para-hydroxylation sites is 1. The Morgan fingerprint density at radius 3 is 3.00 bits per heavy atom. The first kappa shape index (κ1) is 10.7. The van der Waals surface area contributed by atoms with Gasteiger partial charge in [-0.2, -0.15) is 0 Å². The van der Waals surface area contributed by atoms with E-state index in [1.165, 1.54) is 11.8 Å². The first-order valence-electron chi connectivity index (χ1n) is 4.76. The summed E-state index contributed by atoms with van der Waals surface area (Å²) in [5.74, 6) is 3.04. The molecule has 0 saturated carbocycles. The number of carbonyl (C=O) groups is 1. The standard InChI is InChI=1S/C13H9NOS/c1-2-7-16-13-11(9-15)8-10-5-3-4-6-12(10)14-13/h1,3-6,8-9H,7H2. The molecule has 0 radical (unpaired) electrons. The van der Waals surface area contributed by atoms with Gasteiger partial charge >= 0.3 is 0 Å². The molecule has 2 aromatic rings. The third-order valence-electron chi connectivity index (χ3n) is 2.14. The Balaban J connectivity index is 2.54. The Hall–Kier alpha value is -1.79. The van der Waals surface area contributed by atoms with Crippen molar-refractivity contribution in [3.05, 3.63) is 35.9 Å². The van der Waals surface area contributed by atoms with Crippen molar-refractivity contribution >= 4 is 29.0 Å². The van der Waals surface area contributed by atoms with E-state index in [1.807, 2.05) is 30.3 Å². The number of fused-ring (bicyclic) bond motifs is 1. The first-order chi connectivity index (χ1) is 7.85. The van der Waals surface area contributed by atoms with Crippen LogP contribution in [0.3, 0.4) is 0 Å². The molecule has 2 nitrogen and oxygen atoms in total. The summed E-state index contributed by atoms with van der Waals surface area (Å²) in [4.78, 5) is 15.3. The fourth-order valence-corrected chi connectivity index (χ4v) is 2.08. The van der Waals surface area contributed by atoms with Gasteiger partial charge in [0.15, 0.2) is 6.29 Å². The zero-order chi connectivity index (χ0) is 11.4. The van der Waals surface area contributed by atoms with Crippen LogP contribution >= 0.6 is 11.8 Å². The van der Waals surface area contributed by atoms with Crippen LogP contribution < -0.4 is 0 Å². The predicted molar refractivity (Wildman–Crippen MR) is 66.7 cm³/mol. The number of aldehydes is 1. The summed E-state index contributed by atoms with van der Waals surface area (Å²) < 4.78 is 0. The normalized spacial score (nSPS) is 9.94. The Labute approximate surface area is 98.1 Å². The van der Waals surface area contributed by atoms with Crippen molar-refractivity contribution in [3.63, 3.8) is 0 Å². The van der Waals surface area contributed by atoms with Gasteiger partial charge < -0.3 is 0 Å². The number of thioether (sulfide) groups is 1. The third-order valence-corrected chi connectivity index (χ3v) is 3.05. The molecule has 0 saturated heterocycles. The molecule has 0 aliphatic rings. The molecule has 1 heterocycles. The molecule has 1 aromatic heterocycles. The lowest BCUT2D eigenvalue weighted by Gasteiger charge is -2.04. The van der Waals surface area contributed by atoms with Crippen LogP contribution in [0.25, 0.3) is 10.9 Å². The Morgan fingerprint density at radius 2 is 2.25 bits per heavy atom. The molecule has 0 bridgehead atoms. The molecule has 1 aromatic carbocycles. The Kier molecular flexibility index (Phi) is 3.23. The van der Waals surface area contributed by atoms with Gasteiger partial charge in [-0.3, -0.25) is 4.79 Å². The quantitative estimate of drug-likeness (QED) is 0.459. The summed E-state index contributed by atoms with van der Waals surface area (Å²) in [6.45, 7) is 0. The maximum Gasteiger partial charge on any atom is 0.152 e. The first-order valence-corrected chi connectivity index (χ1v) is 5.75. The van der Waals surface area contributed by atoms with Gasteiger partial charge in [-0.05, 0) is 12.1 Å². The number of rotatable bonds is 3. The van der Waals surface area contributed by atoms with Crippen LogP contribution in [-0.2, 0) is 0 Å². The molecular formula is C13H9NOS. The van der Waals surface area contributed by atoms with Gasteiger partial charge in [0.05, 0.1) is 11.3 Å². The van der Waals surface area contributed by atoms with Gasteiger partial charge in [-0.1, -0.05) is 35.9 Å². The minimum absolute atomic E-state index is 0.520. The molecule has 0 aliphatic carbocycles. The summed E-state index contributed by atoms with van der Waals surface area (Å²) in [5.41, 5.74) is 1.48. The van der Waals surface area contributed by atoms with Crippen LogP contribution in [0.2, 0.25) is 0 Å². The van der Waals surface area contributed by atoms with E-state index in [4.69, 9.17) is 6.42 Å². The van der Waals surface area contributed by atoms with Crippen molar-refractivity contribution in [2.24, 2.45) is 0 Å². The second-order valence-corrected chi connectivity index (χ2v) is 4.15. The molecular weight excluding hydrogens is 218 g/mol. The molecule has 0 atom stereocenters. The number of benzene rings is 1. The highest BCUT2D eigenvalue weighted by Gasteiger charge is 2.05. The number of hydrogen-bond acceptors (Lipinski definition) is 3. The number of hydrogen-bond donors (Lipinski definition) is 0. The molecule has 0 aliphatic heterocycles. The third kappa shape index (κ3) is 2.07. The van der Waals surface area contributed by atoms with Crippen molar-refractivity contribution in [3.8, 4) is 12.3 Å². The van der Waals surface area contributed by atoms with Gasteiger partial charge in [0, 0.05) is 10.9 Å². The average molecular weight is 227 g/mol. The van der Waals surface area contributed by atoms with E-state index in [9.17, 15) is 4.79 Å². The van der Waals surface area contributed by atoms with E-state index in [-0.39, 0.29) is 0 Å². The molecule has 16 heavy (non-hydrogen) atoms. The highest BCUT2D eigenvalue weighted by molar-refractivity contribution is 7.99. The van der Waals surface area contributed by atoms with Crippen LogP contribution in [0, 0.1) is 12.3 Å². The molecule has 78 valence electrons. The fourth-order valence-electron chi connectivity index (χ4n) is 1.42. The van der Waals surface area contributed by atoms with Gasteiger partial charge in [0.2, 0.25) is 0 Å². The van der Waals surface area contributed by atoms with E-state index in [0.717, 1.165) is 17.2 Å². The van der Waals surface area contributed by atoms with E-state index >= 15 is 0 Å². The smallest absolute Gasteiger partial charge is 0.152 e. The molecule has 3 heteroatoms. The fraction of sp³-hybridized carbons (Fsp3) is 0.0769. The Bertz CT molecular complexity index is 572. The van der Waals surface area contributed by atoms with E-state index < -0.39 is 0 Å². The Morgan fingerprint density at radius 1 is 1.44 bits per heavy atom. The average Bonchev–Trinajstić information content (AvgIpc) is 2.35. The summed E-state index contributed by atoms with van der Waals surface area (Å²) in [5, 5.41) is 1.67. The van der Waals surface area contributed by atoms with Gasteiger partial charge in [0.25, 0.3) is 0 Å². The second kappa shape index (κ2) is 4.82. The van der Waals surface area contributed by atoms with Crippen LogP contribution in [0.4, 0.5) is 0 Å². The number of nitrogens with zero attached hydrogens (tertiary/aromatic N) is 1. The summed E-state index contributed by atoms with van der Waals surface area (Å²) >= 11 is 1.41. The van der Waals surface area contributed by atoms with E-state index in [2.05, 4.69) is 10.9 Å². The SMILES string of the molecule is C#CCSc1nc2ccccc2cc1C=O.